The molecule has 0 N–H and O–H groups in total. The van der Waals surface area contributed by atoms with Crippen molar-refractivity contribution in [3.8, 4) is 0 Å². The predicted molar refractivity (Wildman–Crippen MR) is 88.3 cm³/mol. The second kappa shape index (κ2) is 4.95. The Bertz CT molecular complexity index is 885. The molecule has 0 atom stereocenters. The van der Waals surface area contributed by atoms with Crippen LogP contribution in [-0.4, -0.2) is 17.4 Å². The lowest BCUT2D eigenvalue weighted by Crippen LogP contribution is -2.38. The fourth-order valence-corrected chi connectivity index (χ4v) is 3.21. The highest BCUT2D eigenvalue weighted by Crippen LogP contribution is 2.31. The molecule has 1 aliphatic rings. The Morgan fingerprint density at radius 1 is 1.09 bits per heavy atom. The van der Waals surface area contributed by atoms with E-state index in [9.17, 15) is 4.79 Å². The van der Waals surface area contributed by atoms with Crippen molar-refractivity contribution in [3.63, 3.8) is 0 Å². The Kier molecular flexibility index (Phi) is 2.93. The summed E-state index contributed by atoms with van der Waals surface area (Å²) in [6, 6.07) is 14.2. The first-order valence-electron chi connectivity index (χ1n) is 7.49. The summed E-state index contributed by atoms with van der Waals surface area (Å²) < 4.78 is 0. The van der Waals surface area contributed by atoms with Gasteiger partial charge in [0.15, 0.2) is 0 Å². The van der Waals surface area contributed by atoms with Gasteiger partial charge in [-0.1, -0.05) is 36.4 Å². The maximum Gasteiger partial charge on any atom is 0.259 e. The summed E-state index contributed by atoms with van der Waals surface area (Å²) in [6.07, 6.45) is 4.42. The van der Waals surface area contributed by atoms with Crippen molar-refractivity contribution in [2.45, 2.75) is 13.3 Å². The first-order chi connectivity index (χ1) is 10.8. The third-order valence-electron chi connectivity index (χ3n) is 4.38. The van der Waals surface area contributed by atoms with E-state index < -0.39 is 0 Å². The third-order valence-corrected chi connectivity index (χ3v) is 4.38. The summed E-state index contributed by atoms with van der Waals surface area (Å²) in [7, 11) is 0. The van der Waals surface area contributed by atoms with E-state index in [1.807, 2.05) is 36.1 Å². The van der Waals surface area contributed by atoms with Gasteiger partial charge in [-0.2, -0.15) is 0 Å². The number of aryl methyl sites for hydroxylation is 1. The minimum atomic E-state index is 0.0779. The van der Waals surface area contributed by atoms with E-state index in [0.29, 0.717) is 6.54 Å². The van der Waals surface area contributed by atoms with Gasteiger partial charge in [-0.15, -0.1) is 0 Å². The van der Waals surface area contributed by atoms with Crippen molar-refractivity contribution in [3.05, 3.63) is 71.5 Å². The lowest BCUT2D eigenvalue weighted by Gasteiger charge is -2.30. The van der Waals surface area contributed by atoms with Crippen LogP contribution in [0.5, 0.6) is 0 Å². The largest absolute Gasteiger partial charge is 0.306 e. The molecule has 3 heteroatoms. The Morgan fingerprint density at radius 3 is 2.82 bits per heavy atom. The lowest BCUT2D eigenvalue weighted by molar-refractivity contribution is 0.0982. The van der Waals surface area contributed by atoms with Gasteiger partial charge < -0.3 is 4.90 Å². The van der Waals surface area contributed by atoms with Crippen molar-refractivity contribution in [2.24, 2.45) is 0 Å². The molecule has 0 saturated carbocycles. The number of benzene rings is 2. The predicted octanol–water partition coefficient (Wildman–Crippen LogP) is 3.75. The summed E-state index contributed by atoms with van der Waals surface area (Å²) in [4.78, 5) is 19.1. The number of carbonyl (C=O) groups is 1. The number of hydrogen-bond donors (Lipinski definition) is 0. The summed E-state index contributed by atoms with van der Waals surface area (Å²) >= 11 is 0. The second-order valence-electron chi connectivity index (χ2n) is 5.69. The number of carbonyl (C=O) groups excluding carboxylic acids is 1. The van der Waals surface area contributed by atoms with E-state index in [1.54, 1.807) is 12.4 Å². The molecule has 0 unspecified atom stereocenters. The Labute approximate surface area is 129 Å². The number of hydrogen-bond acceptors (Lipinski definition) is 2. The molecule has 1 aromatic heterocycles. The van der Waals surface area contributed by atoms with Gasteiger partial charge in [0.25, 0.3) is 5.91 Å². The summed E-state index contributed by atoms with van der Waals surface area (Å²) in [6.45, 7) is 2.72. The number of aromatic nitrogens is 1. The van der Waals surface area contributed by atoms with E-state index in [2.05, 4.69) is 23.2 Å². The highest BCUT2D eigenvalue weighted by molar-refractivity contribution is 6.16. The molecule has 0 spiro atoms. The fraction of sp³-hybridized carbons (Fsp3) is 0.158. The monoisotopic (exact) mass is 288 g/mol. The Hall–Kier alpha value is -2.68. The van der Waals surface area contributed by atoms with Crippen LogP contribution in [0.1, 0.15) is 21.5 Å². The van der Waals surface area contributed by atoms with Crippen LogP contribution in [-0.2, 0) is 6.42 Å². The number of amides is 1. The van der Waals surface area contributed by atoms with Crippen LogP contribution < -0.4 is 4.90 Å². The SMILES string of the molecule is Cc1ccncc1N1CCc2ccc3ccccc3c2C1=O. The molecule has 22 heavy (non-hydrogen) atoms. The van der Waals surface area contributed by atoms with Gasteiger partial charge in [0, 0.05) is 12.7 Å². The summed E-state index contributed by atoms with van der Waals surface area (Å²) in [5.74, 6) is 0.0779. The van der Waals surface area contributed by atoms with Crippen LogP contribution in [0.2, 0.25) is 0 Å². The average Bonchev–Trinajstić information content (AvgIpc) is 2.56. The van der Waals surface area contributed by atoms with Crippen LogP contribution in [0.15, 0.2) is 54.9 Å². The molecule has 0 aliphatic carbocycles. The number of pyridine rings is 1. The van der Waals surface area contributed by atoms with E-state index in [-0.39, 0.29) is 5.91 Å². The van der Waals surface area contributed by atoms with Crippen LogP contribution in [0.4, 0.5) is 5.69 Å². The van der Waals surface area contributed by atoms with E-state index in [1.165, 1.54) is 0 Å². The molecule has 3 nitrogen and oxygen atoms in total. The van der Waals surface area contributed by atoms with Crippen LogP contribution >= 0.6 is 0 Å². The molecule has 1 amide bonds. The van der Waals surface area contributed by atoms with Gasteiger partial charge in [0.1, 0.15) is 0 Å². The number of fused-ring (bicyclic) bond motifs is 3. The number of anilines is 1. The Morgan fingerprint density at radius 2 is 1.95 bits per heavy atom. The molecular formula is C19H16N2O. The molecule has 108 valence electrons. The van der Waals surface area contributed by atoms with Gasteiger partial charge in [-0.05, 0) is 41.3 Å². The van der Waals surface area contributed by atoms with E-state index in [0.717, 1.165) is 39.6 Å². The number of rotatable bonds is 1. The second-order valence-corrected chi connectivity index (χ2v) is 5.69. The zero-order valence-corrected chi connectivity index (χ0v) is 12.4. The molecule has 0 saturated heterocycles. The molecular weight excluding hydrogens is 272 g/mol. The highest BCUT2D eigenvalue weighted by atomic mass is 16.2. The standard InChI is InChI=1S/C19H16N2O/c1-13-8-10-20-12-17(13)21-11-9-15-7-6-14-4-2-3-5-16(14)18(15)19(21)22/h2-8,10,12H,9,11H2,1H3. The molecule has 0 fully saturated rings. The first-order valence-corrected chi connectivity index (χ1v) is 7.49. The molecule has 0 radical (unpaired) electrons. The van der Waals surface area contributed by atoms with Gasteiger partial charge >= 0.3 is 0 Å². The van der Waals surface area contributed by atoms with Crippen LogP contribution in [0.25, 0.3) is 10.8 Å². The minimum Gasteiger partial charge on any atom is -0.306 e. The maximum atomic E-state index is 13.1. The van der Waals surface area contributed by atoms with Gasteiger partial charge in [0.2, 0.25) is 0 Å². The van der Waals surface area contributed by atoms with E-state index in [4.69, 9.17) is 0 Å². The smallest absolute Gasteiger partial charge is 0.259 e. The van der Waals surface area contributed by atoms with Crippen molar-refractivity contribution in [1.82, 2.24) is 4.98 Å². The molecule has 2 aromatic carbocycles. The molecule has 2 heterocycles. The minimum absolute atomic E-state index is 0.0779. The fourth-order valence-electron chi connectivity index (χ4n) is 3.21. The molecule has 1 aliphatic heterocycles. The zero-order valence-electron chi connectivity index (χ0n) is 12.4. The molecule has 3 aromatic rings. The van der Waals surface area contributed by atoms with E-state index >= 15 is 0 Å². The zero-order chi connectivity index (χ0) is 15.1. The molecule has 0 bridgehead atoms. The highest BCUT2D eigenvalue weighted by Gasteiger charge is 2.28. The summed E-state index contributed by atoms with van der Waals surface area (Å²) in [5, 5.41) is 2.15. The van der Waals surface area contributed by atoms with Gasteiger partial charge in [-0.25, -0.2) is 0 Å². The number of nitrogens with zero attached hydrogens (tertiary/aromatic N) is 2. The van der Waals surface area contributed by atoms with Gasteiger partial charge in [-0.3, -0.25) is 9.78 Å². The van der Waals surface area contributed by atoms with Crippen LogP contribution in [0.3, 0.4) is 0 Å². The Balaban J connectivity index is 1.89. The third kappa shape index (κ3) is 1.90. The van der Waals surface area contributed by atoms with Crippen molar-refractivity contribution in [2.75, 3.05) is 11.4 Å². The lowest BCUT2D eigenvalue weighted by atomic mass is 9.92. The van der Waals surface area contributed by atoms with Gasteiger partial charge in [0.05, 0.1) is 17.4 Å². The average molecular weight is 288 g/mol. The van der Waals surface area contributed by atoms with Crippen molar-refractivity contribution in [1.29, 1.82) is 0 Å². The maximum absolute atomic E-state index is 13.1. The summed E-state index contributed by atoms with van der Waals surface area (Å²) in [5.41, 5.74) is 3.97. The normalized spacial score (nSPS) is 14.2. The first kappa shape index (κ1) is 13.0. The topological polar surface area (TPSA) is 33.2 Å². The van der Waals surface area contributed by atoms with Crippen molar-refractivity contribution >= 4 is 22.4 Å². The van der Waals surface area contributed by atoms with Crippen LogP contribution in [0, 0.1) is 6.92 Å². The molecule has 4 rings (SSSR count). The quantitative estimate of drug-likeness (QED) is 0.683. The van der Waals surface area contributed by atoms with Crippen molar-refractivity contribution < 1.29 is 4.79 Å².